The van der Waals surface area contributed by atoms with Gasteiger partial charge in [0.2, 0.25) is 5.82 Å². The first kappa shape index (κ1) is 21.9. The van der Waals surface area contributed by atoms with E-state index in [-0.39, 0.29) is 6.04 Å². The van der Waals surface area contributed by atoms with Crippen molar-refractivity contribution in [2.75, 3.05) is 12.8 Å². The van der Waals surface area contributed by atoms with Gasteiger partial charge in [-0.3, -0.25) is 0 Å². The Balaban J connectivity index is 1.80. The Bertz CT molecular complexity index is 1130. The zero-order valence-electron chi connectivity index (χ0n) is 17.6. The maximum Gasteiger partial charge on any atom is 0.258 e. The van der Waals surface area contributed by atoms with E-state index in [2.05, 4.69) is 59.7 Å². The number of hydrogen-bond acceptors (Lipinski definition) is 5. The predicted molar refractivity (Wildman–Crippen MR) is 131 cm³/mol. The Hall–Kier alpha value is -2.35. The van der Waals surface area contributed by atoms with Crippen molar-refractivity contribution in [2.24, 2.45) is 0 Å². The van der Waals surface area contributed by atoms with Crippen molar-refractivity contribution in [3.05, 3.63) is 70.7 Å². The van der Waals surface area contributed by atoms with Gasteiger partial charge in [-0.1, -0.05) is 47.9 Å². The second kappa shape index (κ2) is 9.42. The molecule has 1 aliphatic heterocycles. The van der Waals surface area contributed by atoms with E-state index in [9.17, 15) is 0 Å². The molecule has 8 heteroatoms. The monoisotopic (exact) mass is 470 g/mol. The summed E-state index contributed by atoms with van der Waals surface area (Å²) in [7, 11) is 0. The zero-order valence-corrected chi connectivity index (χ0v) is 19.9. The molecule has 2 heterocycles. The van der Waals surface area contributed by atoms with E-state index >= 15 is 0 Å². The number of rotatable bonds is 6. The molecule has 160 valence electrons. The second-order valence-corrected chi connectivity index (χ2v) is 8.94. The fourth-order valence-corrected chi connectivity index (χ4v) is 4.62. The van der Waals surface area contributed by atoms with Gasteiger partial charge in [0.1, 0.15) is 0 Å². The Labute approximate surface area is 196 Å². The van der Waals surface area contributed by atoms with Crippen LogP contribution in [0, 0.1) is 0 Å². The summed E-state index contributed by atoms with van der Waals surface area (Å²) in [5.74, 6) is 0.979. The van der Waals surface area contributed by atoms with Crippen molar-refractivity contribution in [3.8, 4) is 11.4 Å². The Morgan fingerprint density at radius 2 is 2.00 bits per heavy atom. The highest BCUT2D eigenvalue weighted by atomic mass is 35.5. The number of halogens is 1. The largest absolute Gasteiger partial charge is 0.351 e. The van der Waals surface area contributed by atoms with Gasteiger partial charge in [-0.25, -0.2) is 0 Å². The van der Waals surface area contributed by atoms with Gasteiger partial charge in [-0.05, 0) is 61.6 Å². The lowest BCUT2D eigenvalue weighted by atomic mass is 9.95. The van der Waals surface area contributed by atoms with Crippen molar-refractivity contribution in [1.29, 1.82) is 0 Å². The third kappa shape index (κ3) is 4.49. The number of nitrogens with one attached hydrogen (secondary N) is 1. The van der Waals surface area contributed by atoms with E-state index in [4.69, 9.17) is 33.3 Å². The lowest BCUT2D eigenvalue weighted by Crippen LogP contribution is -2.46. The molecular formula is C23H23ClN4OS2. The molecule has 0 bridgehead atoms. The van der Waals surface area contributed by atoms with Crippen LogP contribution in [0.5, 0.6) is 0 Å². The first-order valence-electron chi connectivity index (χ1n) is 10.0. The summed E-state index contributed by atoms with van der Waals surface area (Å²) >= 11 is 13.5. The molecule has 5 nitrogen and oxygen atoms in total. The average molecular weight is 471 g/mol. The molecule has 0 radical (unpaired) electrons. The summed E-state index contributed by atoms with van der Waals surface area (Å²) in [5.41, 5.74) is 3.85. The van der Waals surface area contributed by atoms with E-state index < -0.39 is 0 Å². The fourth-order valence-electron chi connectivity index (χ4n) is 3.68. The van der Waals surface area contributed by atoms with Gasteiger partial charge in [-0.15, -0.1) is 11.8 Å². The van der Waals surface area contributed by atoms with Gasteiger partial charge in [-0.2, -0.15) is 4.98 Å². The highest BCUT2D eigenvalue weighted by molar-refractivity contribution is 7.98. The summed E-state index contributed by atoms with van der Waals surface area (Å²) < 4.78 is 5.75. The molecule has 3 aromatic rings. The van der Waals surface area contributed by atoms with Crippen LogP contribution < -0.4 is 5.32 Å². The lowest BCUT2D eigenvalue weighted by molar-refractivity contribution is 0.396. The minimum Gasteiger partial charge on any atom is -0.351 e. The van der Waals surface area contributed by atoms with Crippen LogP contribution in [0.1, 0.15) is 37.8 Å². The number of allylic oxidation sites excluding steroid dienone is 1. The van der Waals surface area contributed by atoms with Crippen LogP contribution in [0.4, 0.5) is 0 Å². The van der Waals surface area contributed by atoms with Gasteiger partial charge in [0, 0.05) is 27.7 Å². The highest BCUT2D eigenvalue weighted by Gasteiger charge is 2.33. The topological polar surface area (TPSA) is 54.2 Å². The first-order chi connectivity index (χ1) is 15.0. The molecule has 1 unspecified atom stereocenters. The maximum absolute atomic E-state index is 6.14. The minimum absolute atomic E-state index is 0.177. The van der Waals surface area contributed by atoms with Crippen molar-refractivity contribution in [3.63, 3.8) is 0 Å². The normalized spacial score (nSPS) is 16.6. The molecule has 1 N–H and O–H groups in total. The van der Waals surface area contributed by atoms with Crippen LogP contribution in [0.2, 0.25) is 5.02 Å². The summed E-state index contributed by atoms with van der Waals surface area (Å²) in [6.45, 7) is 5.01. The summed E-state index contributed by atoms with van der Waals surface area (Å²) in [5, 5.41) is 9.04. The van der Waals surface area contributed by atoms with Gasteiger partial charge in [0.25, 0.3) is 5.89 Å². The quantitative estimate of drug-likeness (QED) is 0.340. The first-order valence-corrected chi connectivity index (χ1v) is 12.1. The molecule has 0 amide bonds. The Kier molecular flexibility index (Phi) is 6.65. The molecule has 2 aromatic carbocycles. The van der Waals surface area contributed by atoms with E-state index in [0.29, 0.717) is 21.9 Å². The van der Waals surface area contributed by atoms with Gasteiger partial charge in [0.15, 0.2) is 5.11 Å². The van der Waals surface area contributed by atoms with Crippen LogP contribution >= 0.6 is 35.6 Å². The molecule has 0 aliphatic carbocycles. The molecule has 4 rings (SSSR count). The number of nitrogens with zero attached hydrogens (tertiary/aromatic N) is 3. The van der Waals surface area contributed by atoms with Crippen LogP contribution in [0.25, 0.3) is 17.0 Å². The predicted octanol–water partition coefficient (Wildman–Crippen LogP) is 6.18. The van der Waals surface area contributed by atoms with Crippen LogP contribution in [-0.4, -0.2) is 33.0 Å². The van der Waals surface area contributed by atoms with Gasteiger partial charge >= 0.3 is 0 Å². The molecule has 1 aliphatic rings. The number of hydrogen-bond donors (Lipinski definition) is 1. The van der Waals surface area contributed by atoms with E-state index in [1.54, 1.807) is 11.8 Å². The summed E-state index contributed by atoms with van der Waals surface area (Å²) in [4.78, 5) is 8.02. The van der Waals surface area contributed by atoms with Crippen molar-refractivity contribution < 1.29 is 4.52 Å². The smallest absolute Gasteiger partial charge is 0.258 e. The third-order valence-electron chi connectivity index (χ3n) is 5.23. The molecular weight excluding hydrogens is 448 g/mol. The van der Waals surface area contributed by atoms with Gasteiger partial charge < -0.3 is 14.7 Å². The molecule has 0 saturated carbocycles. The van der Waals surface area contributed by atoms with E-state index in [1.165, 1.54) is 4.90 Å². The van der Waals surface area contributed by atoms with E-state index in [1.807, 2.05) is 24.3 Å². The van der Waals surface area contributed by atoms with Crippen LogP contribution in [0.15, 0.2) is 63.6 Å². The Morgan fingerprint density at radius 1 is 1.23 bits per heavy atom. The summed E-state index contributed by atoms with van der Waals surface area (Å²) in [6.07, 6.45) is 3.04. The molecule has 31 heavy (non-hydrogen) atoms. The van der Waals surface area contributed by atoms with Crippen LogP contribution in [0.3, 0.4) is 0 Å². The van der Waals surface area contributed by atoms with Crippen molar-refractivity contribution >= 4 is 46.3 Å². The summed E-state index contributed by atoms with van der Waals surface area (Å²) in [6, 6.07) is 15.7. The lowest BCUT2D eigenvalue weighted by Gasteiger charge is -2.37. The molecule has 0 saturated heterocycles. The zero-order chi connectivity index (χ0) is 22.0. The number of aromatic nitrogens is 2. The van der Waals surface area contributed by atoms with E-state index in [0.717, 1.165) is 35.4 Å². The molecule has 0 fully saturated rings. The molecule has 0 spiro atoms. The third-order valence-corrected chi connectivity index (χ3v) is 6.55. The molecule has 1 atom stereocenters. The minimum atomic E-state index is -0.177. The second-order valence-electron chi connectivity index (χ2n) is 7.24. The van der Waals surface area contributed by atoms with Crippen molar-refractivity contribution in [2.45, 2.75) is 31.2 Å². The van der Waals surface area contributed by atoms with Crippen molar-refractivity contribution in [1.82, 2.24) is 20.4 Å². The van der Waals surface area contributed by atoms with Gasteiger partial charge in [0.05, 0.1) is 11.6 Å². The number of thiocarbonyl (C=S) groups is 1. The average Bonchev–Trinajstić information content (AvgIpc) is 3.26. The number of thioether (sulfide) groups is 1. The van der Waals surface area contributed by atoms with Crippen LogP contribution in [-0.2, 0) is 0 Å². The molecule has 1 aromatic heterocycles. The maximum atomic E-state index is 6.14. The Morgan fingerprint density at radius 3 is 2.68 bits per heavy atom. The fraction of sp³-hybridized carbons (Fsp3) is 0.261. The SMILES string of the molecule is CCCN1C(=S)NC(c2ccc(SC)cc2)C(c2nc(-c3cccc(Cl)c3)no2)=C1C. The standard InChI is InChI=1S/C23H23ClN4OS2/c1-4-12-28-14(2)19(20(25-23(28)30)15-8-10-18(31-3)11-9-15)22-26-21(27-29-22)16-6-5-7-17(24)13-16/h5-11,13,20H,4,12H2,1-3H3,(H,25,30). The number of benzene rings is 2. The highest BCUT2D eigenvalue weighted by Crippen LogP contribution is 2.38.